The Morgan fingerprint density at radius 3 is 1.50 bits per heavy atom. The normalized spacial score (nSPS) is 11.2. The summed E-state index contributed by atoms with van der Waals surface area (Å²) in [6.45, 7) is 0. The molecule has 0 bridgehead atoms. The Balaban J connectivity index is 2.32. The molecule has 0 aliphatic carbocycles. The molecule has 28 valence electrons. The van der Waals surface area contributed by atoms with Crippen LogP contribution >= 0.6 is 51.3 Å². The van der Waals surface area contributed by atoms with Gasteiger partial charge in [0.15, 0.2) is 0 Å². The van der Waals surface area contributed by atoms with Crippen LogP contribution in [0.15, 0.2) is 0 Å². The van der Waals surface area contributed by atoms with Crippen molar-refractivity contribution in [3.63, 3.8) is 0 Å². The Hall–Kier alpha value is 2.16. The van der Waals surface area contributed by atoms with E-state index in [1.165, 1.54) is 0 Å². The molecule has 0 aromatic heterocycles. The quantitative estimate of drug-likeness (QED) is 0.497. The van der Waals surface area contributed by atoms with Crippen molar-refractivity contribution in [2.45, 2.75) is 0 Å². The van der Waals surface area contributed by atoms with Gasteiger partial charge in [-0.2, -0.15) is 0 Å². The Morgan fingerprint density at radius 1 is 1.50 bits per heavy atom. The third-order valence-electron chi connectivity index (χ3n) is 0. The Kier molecular flexibility index (Phi) is 5.16. The number of rotatable bonds is 0. The summed E-state index contributed by atoms with van der Waals surface area (Å²) >= 11 is 1.32. The van der Waals surface area contributed by atoms with Gasteiger partial charge in [0.2, 0.25) is 0 Å². The van der Waals surface area contributed by atoms with Gasteiger partial charge in [-0.15, -0.1) is 0 Å². The first-order valence-electron chi connectivity index (χ1n) is 0.481. The van der Waals surface area contributed by atoms with Crippen LogP contribution in [-0.4, -0.2) is 0 Å². The molecule has 0 aliphatic rings. The fourth-order valence-corrected chi connectivity index (χ4v) is 0. The topological polar surface area (TPSA) is 0 Å². The number of halogens is 2. The van der Waals surface area contributed by atoms with E-state index in [1.807, 2.05) is 0 Å². The zero-order chi connectivity index (χ0) is 3.58. The standard InChI is InChI=1S/H2I2S2/c1-2(3)4/h3-4H. The van der Waals surface area contributed by atoms with Crippen molar-refractivity contribution in [1.82, 2.24) is 0 Å². The van der Waals surface area contributed by atoms with E-state index >= 15 is 0 Å². The average Bonchev–Trinajstić information content (AvgIpc) is 0.811. The van der Waals surface area contributed by atoms with Crippen LogP contribution in [0.5, 0.6) is 0 Å². The van der Waals surface area contributed by atoms with Gasteiger partial charge in [-0.05, 0) is 0 Å². The Bertz CT molecular complexity index is 8.75. The average molecular weight is 320 g/mol. The van der Waals surface area contributed by atoms with Crippen LogP contribution in [0.2, 0.25) is 0 Å². The van der Waals surface area contributed by atoms with Gasteiger partial charge < -0.3 is 0 Å². The molecule has 0 aromatic carbocycles. The fraction of sp³-hybridized carbons (Fsp3) is 0. The van der Waals surface area contributed by atoms with Crippen LogP contribution in [-0.2, 0) is 0 Å². The number of hydrogen-bond donors (Lipinski definition) is 2. The van der Waals surface area contributed by atoms with Crippen molar-refractivity contribution >= 4 is 51.3 Å². The van der Waals surface area contributed by atoms with Gasteiger partial charge in [0.05, 0.1) is 0 Å². The molecule has 0 spiro atoms. The first-order valence-corrected chi connectivity index (χ1v) is 13.2. The number of thiol groups is 2. The molecule has 0 rings (SSSR count). The Labute approximate surface area is 50.4 Å². The SMILES string of the molecule is SI(S)I. The van der Waals surface area contributed by atoms with Gasteiger partial charge >= 0.3 is 51.3 Å². The summed E-state index contributed by atoms with van der Waals surface area (Å²) in [4.78, 5) is 0. The summed E-state index contributed by atoms with van der Waals surface area (Å²) < 4.78 is 0. The van der Waals surface area contributed by atoms with Crippen molar-refractivity contribution < 1.29 is 0 Å². The summed E-state index contributed by atoms with van der Waals surface area (Å²) in [5.41, 5.74) is 0. The monoisotopic (exact) mass is 320 g/mol. The molecule has 0 saturated heterocycles. The molecule has 0 unspecified atom stereocenters. The van der Waals surface area contributed by atoms with E-state index in [4.69, 9.17) is 0 Å². The van der Waals surface area contributed by atoms with Crippen LogP contribution in [0, 0.1) is 0 Å². The molecule has 0 atom stereocenters. The van der Waals surface area contributed by atoms with E-state index in [-0.39, 0.29) is 0 Å². The van der Waals surface area contributed by atoms with Crippen molar-refractivity contribution in [3.8, 4) is 0 Å². The van der Waals surface area contributed by atoms with Crippen LogP contribution in [0.4, 0.5) is 0 Å². The van der Waals surface area contributed by atoms with Crippen molar-refractivity contribution in [1.29, 1.82) is 0 Å². The zero-order valence-corrected chi connectivity index (χ0v) is 7.75. The van der Waals surface area contributed by atoms with E-state index in [2.05, 4.69) is 38.2 Å². The molecule has 0 radical (unpaired) electrons. The summed E-state index contributed by atoms with van der Waals surface area (Å²) in [6.07, 6.45) is 0. The second-order valence-electron chi connectivity index (χ2n) is 0.203. The first kappa shape index (κ1) is 6.16. The van der Waals surface area contributed by atoms with E-state index in [0.29, 0.717) is 0 Å². The van der Waals surface area contributed by atoms with Gasteiger partial charge in [-0.1, -0.05) is 0 Å². The van der Waals surface area contributed by atoms with Gasteiger partial charge in [-0.25, -0.2) is 0 Å². The van der Waals surface area contributed by atoms with E-state index < -0.39 is 13.1 Å². The van der Waals surface area contributed by atoms with Crippen LogP contribution in [0.1, 0.15) is 0 Å². The van der Waals surface area contributed by atoms with Crippen molar-refractivity contribution in [2.24, 2.45) is 0 Å². The molecule has 0 fully saturated rings. The molecular formula is H2I2S2. The van der Waals surface area contributed by atoms with Crippen LogP contribution in [0.3, 0.4) is 0 Å². The summed E-state index contributed by atoms with van der Waals surface area (Å²) in [5.74, 6) is 0. The Morgan fingerprint density at radius 2 is 1.50 bits per heavy atom. The predicted octanol–water partition coefficient (Wildman–Crippen LogP) is 2.53. The molecule has 0 N–H and O–H groups in total. The molecule has 0 aromatic rings. The maximum atomic E-state index is 3.97. The molecule has 0 saturated carbocycles. The molecule has 0 nitrogen and oxygen atoms in total. The zero-order valence-electron chi connectivity index (χ0n) is 1.65. The van der Waals surface area contributed by atoms with Gasteiger partial charge in [0.1, 0.15) is 0 Å². The molecular weight excluding hydrogens is 318 g/mol. The second kappa shape index (κ2) is 3.35. The predicted molar refractivity (Wildman–Crippen MR) is 46.0 cm³/mol. The summed E-state index contributed by atoms with van der Waals surface area (Å²) in [5, 5.41) is 0. The summed E-state index contributed by atoms with van der Waals surface area (Å²) in [6, 6.07) is 0. The minimum absolute atomic E-state index is 0.904. The molecule has 0 heterocycles. The van der Waals surface area contributed by atoms with Crippen molar-refractivity contribution in [2.75, 3.05) is 0 Å². The third-order valence-corrected chi connectivity index (χ3v) is 0. The molecule has 0 amide bonds. The molecule has 4 heavy (non-hydrogen) atoms. The van der Waals surface area contributed by atoms with Crippen molar-refractivity contribution in [3.05, 3.63) is 0 Å². The first-order chi connectivity index (χ1) is 1.73. The maximum absolute atomic E-state index is 3.97. The van der Waals surface area contributed by atoms with Gasteiger partial charge in [-0.3, -0.25) is 0 Å². The second-order valence-corrected chi connectivity index (χ2v) is 21.8. The minimum atomic E-state index is -0.904. The number of hydrogen-bond acceptors (Lipinski definition) is 2. The third kappa shape index (κ3) is 8.90. The van der Waals surface area contributed by atoms with Crippen LogP contribution in [0.25, 0.3) is 0 Å². The fourth-order valence-electron chi connectivity index (χ4n) is 0. The molecule has 4 heteroatoms. The summed E-state index contributed by atoms with van der Waals surface area (Å²) in [7, 11) is 7.95. The van der Waals surface area contributed by atoms with Gasteiger partial charge in [0.25, 0.3) is 0 Å². The van der Waals surface area contributed by atoms with E-state index in [9.17, 15) is 0 Å². The van der Waals surface area contributed by atoms with E-state index in [0.717, 1.165) is 0 Å². The molecule has 0 aliphatic heterocycles. The van der Waals surface area contributed by atoms with Gasteiger partial charge in [0, 0.05) is 0 Å². The van der Waals surface area contributed by atoms with Crippen LogP contribution < -0.4 is 0 Å². The van der Waals surface area contributed by atoms with E-state index in [1.54, 1.807) is 0 Å².